The minimum absolute atomic E-state index is 0.123. The van der Waals surface area contributed by atoms with Crippen LogP contribution in [0.2, 0.25) is 5.02 Å². The van der Waals surface area contributed by atoms with Gasteiger partial charge in [-0.3, -0.25) is 0 Å². The molecule has 0 bridgehead atoms. The van der Waals surface area contributed by atoms with Crippen molar-refractivity contribution < 1.29 is 5.11 Å². The summed E-state index contributed by atoms with van der Waals surface area (Å²) in [6.45, 7) is 0. The molecule has 2 rings (SSSR count). The monoisotopic (exact) mass is 226 g/mol. The van der Waals surface area contributed by atoms with E-state index in [0.29, 0.717) is 11.1 Å². The molecular formula is C11H15ClN2O. The summed E-state index contributed by atoms with van der Waals surface area (Å²) < 4.78 is 0. The highest BCUT2D eigenvalue weighted by atomic mass is 35.5. The molecule has 4 heteroatoms. The first-order valence-corrected chi connectivity index (χ1v) is 5.68. The number of hydrogen-bond acceptors (Lipinski definition) is 3. The van der Waals surface area contributed by atoms with E-state index in [4.69, 9.17) is 11.6 Å². The normalized spacial score (nSPS) is 26.3. The van der Waals surface area contributed by atoms with Gasteiger partial charge in [0.15, 0.2) is 0 Å². The third kappa shape index (κ3) is 2.83. The lowest BCUT2D eigenvalue weighted by Gasteiger charge is -2.26. The summed E-state index contributed by atoms with van der Waals surface area (Å²) in [6.07, 6.45) is 5.29. The van der Waals surface area contributed by atoms with Crippen LogP contribution < -0.4 is 5.32 Å². The topological polar surface area (TPSA) is 45.1 Å². The van der Waals surface area contributed by atoms with Gasteiger partial charge >= 0.3 is 0 Å². The van der Waals surface area contributed by atoms with Crippen molar-refractivity contribution >= 4 is 17.4 Å². The number of pyridine rings is 1. The number of aliphatic hydroxyl groups excluding tert-OH is 1. The second-order valence-corrected chi connectivity index (χ2v) is 4.39. The van der Waals surface area contributed by atoms with Gasteiger partial charge in [-0.15, -0.1) is 0 Å². The van der Waals surface area contributed by atoms with Gasteiger partial charge < -0.3 is 10.4 Å². The lowest BCUT2D eigenvalue weighted by atomic mass is 9.93. The van der Waals surface area contributed by atoms with E-state index >= 15 is 0 Å². The molecular weight excluding hydrogens is 212 g/mol. The van der Waals surface area contributed by atoms with E-state index in [1.54, 1.807) is 6.20 Å². The number of halogens is 1. The van der Waals surface area contributed by atoms with Gasteiger partial charge in [-0.2, -0.15) is 0 Å². The Morgan fingerprint density at radius 3 is 2.73 bits per heavy atom. The number of aromatic nitrogens is 1. The first kappa shape index (κ1) is 10.7. The highest BCUT2D eigenvalue weighted by Crippen LogP contribution is 2.24. The zero-order valence-corrected chi connectivity index (χ0v) is 9.24. The SMILES string of the molecule is OC1CCC(Nc2ncccc2Cl)CC1. The quantitative estimate of drug-likeness (QED) is 0.814. The summed E-state index contributed by atoms with van der Waals surface area (Å²) in [7, 11) is 0. The van der Waals surface area contributed by atoms with Crippen LogP contribution in [-0.4, -0.2) is 22.2 Å². The summed E-state index contributed by atoms with van der Waals surface area (Å²) in [5.74, 6) is 0.751. The average molecular weight is 227 g/mol. The fourth-order valence-electron chi connectivity index (χ4n) is 1.91. The summed E-state index contributed by atoms with van der Waals surface area (Å²) >= 11 is 6.00. The van der Waals surface area contributed by atoms with Crippen LogP contribution in [0.15, 0.2) is 18.3 Å². The van der Waals surface area contributed by atoms with Crippen molar-refractivity contribution in [2.75, 3.05) is 5.32 Å². The summed E-state index contributed by atoms with van der Waals surface area (Å²) in [5, 5.41) is 13.3. The Labute approximate surface area is 94.5 Å². The van der Waals surface area contributed by atoms with Crippen molar-refractivity contribution in [2.24, 2.45) is 0 Å². The molecule has 1 fully saturated rings. The fourth-order valence-corrected chi connectivity index (χ4v) is 2.08. The van der Waals surface area contributed by atoms with Crippen LogP contribution in [0.4, 0.5) is 5.82 Å². The Morgan fingerprint density at radius 1 is 1.33 bits per heavy atom. The third-order valence-electron chi connectivity index (χ3n) is 2.80. The number of rotatable bonds is 2. The minimum Gasteiger partial charge on any atom is -0.393 e. The molecule has 0 spiro atoms. The largest absolute Gasteiger partial charge is 0.393 e. The molecule has 1 aromatic rings. The van der Waals surface area contributed by atoms with Crippen LogP contribution in [0.25, 0.3) is 0 Å². The van der Waals surface area contributed by atoms with Crippen molar-refractivity contribution in [1.29, 1.82) is 0 Å². The number of anilines is 1. The number of aliphatic hydroxyl groups is 1. The molecule has 0 radical (unpaired) electrons. The molecule has 0 unspecified atom stereocenters. The molecule has 1 aliphatic carbocycles. The van der Waals surface area contributed by atoms with E-state index in [2.05, 4.69) is 10.3 Å². The van der Waals surface area contributed by atoms with E-state index in [-0.39, 0.29) is 6.10 Å². The standard InChI is InChI=1S/C11H15ClN2O/c12-10-2-1-7-13-11(10)14-8-3-5-9(15)6-4-8/h1-2,7-9,15H,3-6H2,(H,13,14). The van der Waals surface area contributed by atoms with Crippen LogP contribution in [-0.2, 0) is 0 Å². The second kappa shape index (κ2) is 4.81. The molecule has 2 N–H and O–H groups in total. The minimum atomic E-state index is -0.123. The lowest BCUT2D eigenvalue weighted by Crippen LogP contribution is -2.28. The van der Waals surface area contributed by atoms with Gasteiger partial charge in [-0.1, -0.05) is 11.6 Å². The Kier molecular flexibility index (Phi) is 3.44. The van der Waals surface area contributed by atoms with Crippen molar-refractivity contribution in [3.63, 3.8) is 0 Å². The molecule has 0 aromatic carbocycles. The highest BCUT2D eigenvalue weighted by Gasteiger charge is 2.19. The number of hydrogen-bond donors (Lipinski definition) is 2. The number of nitrogens with one attached hydrogen (secondary N) is 1. The smallest absolute Gasteiger partial charge is 0.144 e. The first-order chi connectivity index (χ1) is 7.25. The van der Waals surface area contributed by atoms with E-state index in [1.165, 1.54) is 0 Å². The van der Waals surface area contributed by atoms with Crippen LogP contribution in [0.5, 0.6) is 0 Å². The van der Waals surface area contributed by atoms with Gasteiger partial charge in [0.25, 0.3) is 0 Å². The third-order valence-corrected chi connectivity index (χ3v) is 3.10. The second-order valence-electron chi connectivity index (χ2n) is 3.98. The zero-order chi connectivity index (χ0) is 10.7. The number of nitrogens with zero attached hydrogens (tertiary/aromatic N) is 1. The molecule has 1 aromatic heterocycles. The van der Waals surface area contributed by atoms with E-state index < -0.39 is 0 Å². The molecule has 0 saturated heterocycles. The summed E-state index contributed by atoms with van der Waals surface area (Å²) in [6, 6.07) is 4.04. The van der Waals surface area contributed by atoms with Gasteiger partial charge in [0.1, 0.15) is 5.82 Å². The molecule has 1 saturated carbocycles. The van der Waals surface area contributed by atoms with E-state index in [9.17, 15) is 5.11 Å². The Hall–Kier alpha value is -0.800. The maximum absolute atomic E-state index is 9.38. The van der Waals surface area contributed by atoms with Gasteiger partial charge in [-0.05, 0) is 37.8 Å². The predicted molar refractivity (Wildman–Crippen MR) is 61.1 cm³/mol. The maximum Gasteiger partial charge on any atom is 0.144 e. The fraction of sp³-hybridized carbons (Fsp3) is 0.545. The van der Waals surface area contributed by atoms with Crippen LogP contribution in [0, 0.1) is 0 Å². The van der Waals surface area contributed by atoms with Gasteiger partial charge in [0, 0.05) is 12.2 Å². The van der Waals surface area contributed by atoms with Crippen molar-refractivity contribution in [2.45, 2.75) is 37.8 Å². The lowest BCUT2D eigenvalue weighted by molar-refractivity contribution is 0.126. The highest BCUT2D eigenvalue weighted by molar-refractivity contribution is 6.32. The Morgan fingerprint density at radius 2 is 2.07 bits per heavy atom. The van der Waals surface area contributed by atoms with Crippen molar-refractivity contribution in [1.82, 2.24) is 4.98 Å². The van der Waals surface area contributed by atoms with Crippen LogP contribution in [0.1, 0.15) is 25.7 Å². The molecule has 3 nitrogen and oxygen atoms in total. The summed E-state index contributed by atoms with van der Waals surface area (Å²) in [5.41, 5.74) is 0. The Balaban J connectivity index is 1.95. The molecule has 0 atom stereocenters. The van der Waals surface area contributed by atoms with Gasteiger partial charge in [0.05, 0.1) is 11.1 Å². The molecule has 0 aliphatic heterocycles. The molecule has 1 heterocycles. The van der Waals surface area contributed by atoms with E-state index in [1.807, 2.05) is 12.1 Å². The van der Waals surface area contributed by atoms with Crippen LogP contribution >= 0.6 is 11.6 Å². The van der Waals surface area contributed by atoms with Gasteiger partial charge in [0.2, 0.25) is 0 Å². The molecule has 0 amide bonds. The zero-order valence-electron chi connectivity index (χ0n) is 8.49. The average Bonchev–Trinajstić information content (AvgIpc) is 2.25. The summed E-state index contributed by atoms with van der Waals surface area (Å²) in [4.78, 5) is 4.19. The molecule has 1 aliphatic rings. The first-order valence-electron chi connectivity index (χ1n) is 5.31. The van der Waals surface area contributed by atoms with E-state index in [0.717, 1.165) is 31.5 Å². The van der Waals surface area contributed by atoms with Crippen molar-refractivity contribution in [3.8, 4) is 0 Å². The molecule has 15 heavy (non-hydrogen) atoms. The van der Waals surface area contributed by atoms with Crippen LogP contribution in [0.3, 0.4) is 0 Å². The maximum atomic E-state index is 9.38. The predicted octanol–water partition coefficient (Wildman–Crippen LogP) is 2.45. The Bertz CT molecular complexity index is 324. The van der Waals surface area contributed by atoms with Gasteiger partial charge in [-0.25, -0.2) is 4.98 Å². The van der Waals surface area contributed by atoms with Crippen molar-refractivity contribution in [3.05, 3.63) is 23.4 Å². The molecule has 82 valence electrons.